The van der Waals surface area contributed by atoms with E-state index in [1.54, 1.807) is 12.4 Å². The molecule has 24 heavy (non-hydrogen) atoms. The number of anilines is 1. The van der Waals surface area contributed by atoms with Crippen molar-refractivity contribution >= 4 is 11.7 Å². The van der Waals surface area contributed by atoms with E-state index in [-0.39, 0.29) is 12.1 Å². The number of amides is 2. The van der Waals surface area contributed by atoms with Crippen molar-refractivity contribution in [1.29, 1.82) is 0 Å². The van der Waals surface area contributed by atoms with Crippen LogP contribution in [0.4, 0.5) is 10.5 Å². The SMILES string of the molecule is C[C@H]1CN(Cc2ccccc2)CC[C@H]1N(C)C(=O)Nc1cn[nH]c1. The lowest BCUT2D eigenvalue weighted by molar-refractivity contribution is 0.0933. The van der Waals surface area contributed by atoms with E-state index in [0.717, 1.165) is 26.1 Å². The summed E-state index contributed by atoms with van der Waals surface area (Å²) in [4.78, 5) is 16.7. The number of likely N-dealkylation sites (tertiary alicyclic amines) is 1. The lowest BCUT2D eigenvalue weighted by atomic mass is 9.92. The fourth-order valence-electron chi connectivity index (χ4n) is 3.46. The maximum absolute atomic E-state index is 12.4. The van der Waals surface area contributed by atoms with Crippen molar-refractivity contribution in [3.05, 3.63) is 48.3 Å². The molecule has 2 N–H and O–H groups in total. The number of benzene rings is 1. The van der Waals surface area contributed by atoms with Gasteiger partial charge in [0.15, 0.2) is 0 Å². The first-order valence-corrected chi connectivity index (χ1v) is 8.42. The molecule has 1 saturated heterocycles. The van der Waals surface area contributed by atoms with Crippen LogP contribution < -0.4 is 5.32 Å². The van der Waals surface area contributed by atoms with Gasteiger partial charge in [-0.3, -0.25) is 10.00 Å². The Hall–Kier alpha value is -2.34. The van der Waals surface area contributed by atoms with Crippen molar-refractivity contribution in [2.45, 2.75) is 25.9 Å². The molecule has 0 saturated carbocycles. The summed E-state index contributed by atoms with van der Waals surface area (Å²) in [5, 5.41) is 9.42. The van der Waals surface area contributed by atoms with Crippen LogP contribution in [0.5, 0.6) is 0 Å². The predicted octanol–water partition coefficient (Wildman–Crippen LogP) is 2.78. The molecule has 1 aromatic heterocycles. The van der Waals surface area contributed by atoms with Gasteiger partial charge in [0.1, 0.15) is 0 Å². The molecule has 2 amide bonds. The molecule has 2 aromatic rings. The molecule has 2 heterocycles. The Morgan fingerprint density at radius 1 is 1.42 bits per heavy atom. The average molecular weight is 327 g/mol. The number of carbonyl (C=O) groups excluding carboxylic acids is 1. The average Bonchev–Trinajstić information content (AvgIpc) is 3.08. The van der Waals surface area contributed by atoms with E-state index in [1.807, 2.05) is 18.0 Å². The molecule has 0 spiro atoms. The van der Waals surface area contributed by atoms with Crippen LogP contribution in [0.25, 0.3) is 0 Å². The van der Waals surface area contributed by atoms with Crippen molar-refractivity contribution in [3.63, 3.8) is 0 Å². The largest absolute Gasteiger partial charge is 0.324 e. The van der Waals surface area contributed by atoms with E-state index < -0.39 is 0 Å². The van der Waals surface area contributed by atoms with Crippen LogP contribution >= 0.6 is 0 Å². The van der Waals surface area contributed by atoms with Gasteiger partial charge in [0.2, 0.25) is 0 Å². The van der Waals surface area contributed by atoms with Gasteiger partial charge in [0.25, 0.3) is 0 Å². The van der Waals surface area contributed by atoms with Gasteiger partial charge in [-0.15, -0.1) is 0 Å². The van der Waals surface area contributed by atoms with Gasteiger partial charge in [-0.1, -0.05) is 37.3 Å². The molecular formula is C18H25N5O. The molecule has 0 aliphatic carbocycles. The number of H-pyrrole nitrogens is 1. The number of aromatic nitrogens is 2. The molecule has 1 fully saturated rings. The second-order valence-electron chi connectivity index (χ2n) is 6.58. The van der Waals surface area contributed by atoms with Crippen LogP contribution in [0.15, 0.2) is 42.7 Å². The molecule has 6 heteroatoms. The number of hydrogen-bond donors (Lipinski definition) is 2. The van der Waals surface area contributed by atoms with E-state index in [1.165, 1.54) is 5.56 Å². The summed E-state index contributed by atoms with van der Waals surface area (Å²) < 4.78 is 0. The third-order valence-electron chi connectivity index (χ3n) is 4.76. The fraction of sp³-hybridized carbons (Fsp3) is 0.444. The minimum atomic E-state index is -0.0789. The lowest BCUT2D eigenvalue weighted by Gasteiger charge is -2.41. The van der Waals surface area contributed by atoms with Crippen LogP contribution in [0.3, 0.4) is 0 Å². The second-order valence-corrected chi connectivity index (χ2v) is 6.58. The van der Waals surface area contributed by atoms with Gasteiger partial charge in [-0.25, -0.2) is 4.79 Å². The first-order chi connectivity index (χ1) is 11.6. The van der Waals surface area contributed by atoms with Crippen molar-refractivity contribution in [3.8, 4) is 0 Å². The van der Waals surface area contributed by atoms with Crippen LogP contribution in [-0.4, -0.2) is 52.2 Å². The topological polar surface area (TPSA) is 64.3 Å². The van der Waals surface area contributed by atoms with E-state index in [0.29, 0.717) is 11.6 Å². The Bertz CT molecular complexity index is 643. The first-order valence-electron chi connectivity index (χ1n) is 8.42. The minimum absolute atomic E-state index is 0.0789. The van der Waals surface area contributed by atoms with Gasteiger partial charge < -0.3 is 10.2 Å². The molecule has 3 rings (SSSR count). The Labute approximate surface area is 142 Å². The van der Waals surface area contributed by atoms with E-state index in [4.69, 9.17) is 0 Å². The summed E-state index contributed by atoms with van der Waals surface area (Å²) in [6.07, 6.45) is 4.28. The zero-order valence-corrected chi connectivity index (χ0v) is 14.3. The molecule has 0 radical (unpaired) electrons. The second kappa shape index (κ2) is 7.49. The van der Waals surface area contributed by atoms with Crippen molar-refractivity contribution in [1.82, 2.24) is 20.0 Å². The zero-order valence-electron chi connectivity index (χ0n) is 14.3. The third-order valence-corrected chi connectivity index (χ3v) is 4.76. The van der Waals surface area contributed by atoms with Crippen molar-refractivity contribution < 1.29 is 4.79 Å². The number of urea groups is 1. The monoisotopic (exact) mass is 327 g/mol. The summed E-state index contributed by atoms with van der Waals surface area (Å²) in [5.41, 5.74) is 2.04. The quantitative estimate of drug-likeness (QED) is 0.907. The van der Waals surface area contributed by atoms with Crippen LogP contribution in [0, 0.1) is 5.92 Å². The number of carbonyl (C=O) groups is 1. The molecule has 0 unspecified atom stereocenters. The summed E-state index contributed by atoms with van der Waals surface area (Å²) in [5.74, 6) is 0.433. The number of nitrogens with one attached hydrogen (secondary N) is 2. The lowest BCUT2D eigenvalue weighted by Crippen LogP contribution is -2.51. The Morgan fingerprint density at radius 3 is 2.88 bits per heavy atom. The zero-order chi connectivity index (χ0) is 16.9. The van der Waals surface area contributed by atoms with Gasteiger partial charge in [-0.05, 0) is 17.9 Å². The summed E-state index contributed by atoms with van der Waals surface area (Å²) in [6, 6.07) is 10.7. The molecule has 1 aromatic carbocycles. The Morgan fingerprint density at radius 2 is 2.21 bits per heavy atom. The highest BCUT2D eigenvalue weighted by molar-refractivity contribution is 5.89. The van der Waals surface area contributed by atoms with Crippen molar-refractivity contribution in [2.24, 2.45) is 5.92 Å². The number of piperidine rings is 1. The third kappa shape index (κ3) is 3.94. The maximum atomic E-state index is 12.4. The van der Waals surface area contributed by atoms with Gasteiger partial charge in [0.05, 0.1) is 11.9 Å². The number of rotatable bonds is 4. The van der Waals surface area contributed by atoms with E-state index in [9.17, 15) is 4.79 Å². The number of hydrogen-bond acceptors (Lipinski definition) is 3. The molecular weight excluding hydrogens is 302 g/mol. The molecule has 2 atom stereocenters. The molecule has 1 aliphatic rings. The standard InChI is InChI=1S/C18H25N5O/c1-14-12-23(13-15-6-4-3-5-7-15)9-8-17(14)22(2)18(24)21-16-10-19-20-11-16/h3-7,10-11,14,17H,8-9,12-13H2,1-2H3,(H,19,20)(H,21,24)/t14-,17+/m0/s1. The first kappa shape index (κ1) is 16.5. The Balaban J connectivity index is 1.54. The summed E-state index contributed by atoms with van der Waals surface area (Å²) in [6.45, 7) is 5.21. The van der Waals surface area contributed by atoms with Gasteiger partial charge in [-0.2, -0.15) is 5.10 Å². The fourth-order valence-corrected chi connectivity index (χ4v) is 3.46. The van der Waals surface area contributed by atoms with Gasteiger partial charge in [0, 0.05) is 38.9 Å². The highest BCUT2D eigenvalue weighted by Crippen LogP contribution is 2.23. The van der Waals surface area contributed by atoms with Crippen molar-refractivity contribution in [2.75, 3.05) is 25.5 Å². The van der Waals surface area contributed by atoms with Crippen LogP contribution in [0.1, 0.15) is 18.9 Å². The van der Waals surface area contributed by atoms with Gasteiger partial charge >= 0.3 is 6.03 Å². The maximum Gasteiger partial charge on any atom is 0.321 e. The highest BCUT2D eigenvalue weighted by Gasteiger charge is 2.31. The molecule has 128 valence electrons. The summed E-state index contributed by atoms with van der Waals surface area (Å²) >= 11 is 0. The van der Waals surface area contributed by atoms with Crippen LogP contribution in [-0.2, 0) is 6.54 Å². The van der Waals surface area contributed by atoms with E-state index >= 15 is 0 Å². The summed E-state index contributed by atoms with van der Waals surface area (Å²) in [7, 11) is 1.88. The normalized spacial score (nSPS) is 21.4. The smallest absolute Gasteiger partial charge is 0.321 e. The highest BCUT2D eigenvalue weighted by atomic mass is 16.2. The molecule has 1 aliphatic heterocycles. The predicted molar refractivity (Wildman–Crippen MR) is 94.7 cm³/mol. The van der Waals surface area contributed by atoms with Crippen LogP contribution in [0.2, 0.25) is 0 Å². The molecule has 0 bridgehead atoms. The Kier molecular flexibility index (Phi) is 5.15. The van der Waals surface area contributed by atoms with E-state index in [2.05, 4.69) is 51.6 Å². The number of nitrogens with zero attached hydrogens (tertiary/aromatic N) is 3. The molecule has 6 nitrogen and oxygen atoms in total. The number of aromatic amines is 1. The minimum Gasteiger partial charge on any atom is -0.324 e.